The molecule has 0 radical (unpaired) electrons. The lowest BCUT2D eigenvalue weighted by atomic mass is 9.50. The van der Waals surface area contributed by atoms with Crippen LogP contribution in [-0.4, -0.2) is 55.1 Å². The zero-order valence-electron chi connectivity index (χ0n) is 16.8. The molecule has 3 N–H and O–H groups in total. The average molecular weight is 427 g/mol. The van der Waals surface area contributed by atoms with Crippen LogP contribution < -0.4 is 10.6 Å². The van der Waals surface area contributed by atoms with Gasteiger partial charge in [-0.05, 0) is 38.2 Å². The molecule has 3 aromatic rings. The summed E-state index contributed by atoms with van der Waals surface area (Å²) in [7, 11) is 0. The van der Waals surface area contributed by atoms with Crippen molar-refractivity contribution in [3.05, 3.63) is 35.9 Å². The number of aromatic nitrogens is 5. The van der Waals surface area contributed by atoms with Crippen LogP contribution in [-0.2, 0) is 9.47 Å². The molecule has 0 unspecified atom stereocenters. The van der Waals surface area contributed by atoms with E-state index < -0.39 is 24.5 Å². The number of rotatable bonds is 5. The van der Waals surface area contributed by atoms with Crippen LogP contribution in [0.2, 0.25) is 0 Å². The van der Waals surface area contributed by atoms with Crippen molar-refractivity contribution in [2.75, 3.05) is 11.9 Å². The minimum atomic E-state index is -1.50. The van der Waals surface area contributed by atoms with E-state index in [-0.39, 0.29) is 12.1 Å². The summed E-state index contributed by atoms with van der Waals surface area (Å²) in [6.45, 7) is 1.89. The first-order valence-electron chi connectivity index (χ1n) is 10.4. The molecule has 4 fully saturated rings. The minimum Gasteiger partial charge on any atom is -0.441 e. The number of alkyl halides is 1. The predicted molar refractivity (Wildman–Crippen MR) is 107 cm³/mol. The van der Waals surface area contributed by atoms with Crippen LogP contribution >= 0.6 is 0 Å². The summed E-state index contributed by atoms with van der Waals surface area (Å²) in [4.78, 5) is 20.8. The number of alkyl carbamates (subject to hydrolysis) is 1. The normalized spacial score (nSPS) is 31.2. The second-order valence-corrected chi connectivity index (χ2v) is 8.74. The molecular formula is C20H22FN7O3. The molecule has 4 heterocycles. The van der Waals surface area contributed by atoms with Crippen molar-refractivity contribution in [3.8, 4) is 0 Å². The number of nitrogens with zero attached hydrogens (tertiary/aromatic N) is 4. The molecule has 2 bridgehead atoms. The van der Waals surface area contributed by atoms with E-state index in [9.17, 15) is 9.18 Å². The largest absolute Gasteiger partial charge is 0.441 e. The maximum Gasteiger partial charge on any atom is 0.408 e. The Balaban J connectivity index is 1.11. The Bertz CT molecular complexity index is 1140. The molecule has 0 aromatic carbocycles. The van der Waals surface area contributed by atoms with Gasteiger partial charge in [0.2, 0.25) is 5.95 Å². The first kappa shape index (κ1) is 18.6. The van der Waals surface area contributed by atoms with E-state index in [0.29, 0.717) is 17.5 Å². The van der Waals surface area contributed by atoms with E-state index in [1.807, 2.05) is 17.5 Å². The Morgan fingerprint density at radius 3 is 3.03 bits per heavy atom. The number of anilines is 2. The van der Waals surface area contributed by atoms with Gasteiger partial charge in [0.25, 0.3) is 0 Å². The van der Waals surface area contributed by atoms with Gasteiger partial charge in [-0.15, -0.1) is 0 Å². The summed E-state index contributed by atoms with van der Waals surface area (Å²) in [6.07, 6.45) is 2.58. The van der Waals surface area contributed by atoms with Gasteiger partial charge >= 0.3 is 6.09 Å². The van der Waals surface area contributed by atoms with E-state index in [1.54, 1.807) is 18.3 Å². The first-order chi connectivity index (χ1) is 15.0. The topological polar surface area (TPSA) is 118 Å². The highest BCUT2D eigenvalue weighted by Crippen LogP contribution is 2.57. The Labute approximate surface area is 176 Å². The number of nitrogens with one attached hydrogen (secondary N) is 3. The van der Waals surface area contributed by atoms with Gasteiger partial charge in [-0.3, -0.25) is 9.50 Å². The van der Waals surface area contributed by atoms with Crippen LogP contribution in [0.3, 0.4) is 0 Å². The number of aromatic amines is 1. The number of hydrogen-bond acceptors (Lipinski definition) is 7. The molecule has 162 valence electrons. The monoisotopic (exact) mass is 427 g/mol. The van der Waals surface area contributed by atoms with Crippen molar-refractivity contribution in [3.63, 3.8) is 0 Å². The van der Waals surface area contributed by atoms with Crippen molar-refractivity contribution in [2.45, 2.75) is 50.1 Å². The quantitative estimate of drug-likeness (QED) is 0.573. The van der Waals surface area contributed by atoms with Crippen molar-refractivity contribution in [1.82, 2.24) is 29.9 Å². The fraction of sp³-hybridized carbons (Fsp3) is 0.500. The maximum atomic E-state index is 15.0. The van der Waals surface area contributed by atoms with E-state index in [4.69, 9.17) is 9.47 Å². The third-order valence-electron chi connectivity index (χ3n) is 6.39. The van der Waals surface area contributed by atoms with Gasteiger partial charge in [-0.2, -0.15) is 5.10 Å². The molecule has 4 aliphatic rings. The Morgan fingerprint density at radius 1 is 1.42 bits per heavy atom. The summed E-state index contributed by atoms with van der Waals surface area (Å²) in [5.74, 6) is 1.73. The van der Waals surface area contributed by atoms with Gasteiger partial charge in [-0.25, -0.2) is 19.2 Å². The highest BCUT2D eigenvalue weighted by molar-refractivity contribution is 5.69. The van der Waals surface area contributed by atoms with E-state index in [1.165, 1.54) is 0 Å². The number of hydrogen-bond donors (Lipinski definition) is 3. The Kier molecular flexibility index (Phi) is 3.98. The number of H-pyrrole nitrogens is 1. The van der Waals surface area contributed by atoms with Crippen LogP contribution in [0.4, 0.5) is 21.0 Å². The van der Waals surface area contributed by atoms with Crippen LogP contribution in [0.15, 0.2) is 24.5 Å². The van der Waals surface area contributed by atoms with Gasteiger partial charge < -0.3 is 20.1 Å². The summed E-state index contributed by atoms with van der Waals surface area (Å²) >= 11 is 0. The summed E-state index contributed by atoms with van der Waals surface area (Å²) in [6, 6.07) is 3.46. The van der Waals surface area contributed by atoms with Gasteiger partial charge in [0.05, 0.1) is 18.0 Å². The van der Waals surface area contributed by atoms with Crippen molar-refractivity contribution < 1.29 is 18.7 Å². The van der Waals surface area contributed by atoms with E-state index >= 15 is 0 Å². The number of aryl methyl sites for hydroxylation is 1. The highest BCUT2D eigenvalue weighted by Gasteiger charge is 2.58. The molecule has 10 nitrogen and oxygen atoms in total. The number of imidazole rings is 1. The summed E-state index contributed by atoms with van der Waals surface area (Å²) in [5.41, 5.74) is 1.96. The van der Waals surface area contributed by atoms with E-state index in [2.05, 4.69) is 30.8 Å². The molecule has 3 aliphatic carbocycles. The number of amides is 1. The van der Waals surface area contributed by atoms with Crippen molar-refractivity contribution >= 4 is 23.5 Å². The number of carbonyl (C=O) groups is 1. The van der Waals surface area contributed by atoms with Crippen LogP contribution in [0.1, 0.15) is 36.8 Å². The van der Waals surface area contributed by atoms with Crippen molar-refractivity contribution in [1.29, 1.82) is 0 Å². The van der Waals surface area contributed by atoms with Gasteiger partial charge in [-0.1, -0.05) is 0 Å². The zero-order valence-corrected chi connectivity index (χ0v) is 16.8. The fourth-order valence-electron chi connectivity index (χ4n) is 4.75. The molecule has 31 heavy (non-hydrogen) atoms. The third kappa shape index (κ3) is 3.11. The summed E-state index contributed by atoms with van der Waals surface area (Å²) < 4.78 is 27.6. The zero-order chi connectivity index (χ0) is 21.2. The van der Waals surface area contributed by atoms with Crippen LogP contribution in [0, 0.1) is 12.8 Å². The Morgan fingerprint density at radius 2 is 2.26 bits per heavy atom. The lowest BCUT2D eigenvalue weighted by molar-refractivity contribution is -0.0528. The van der Waals surface area contributed by atoms with Gasteiger partial charge in [0.1, 0.15) is 11.8 Å². The number of fused-ring (bicyclic) bond motifs is 1. The molecular weight excluding hydrogens is 405 g/mol. The van der Waals surface area contributed by atoms with Gasteiger partial charge in [0, 0.05) is 24.0 Å². The fourth-order valence-corrected chi connectivity index (χ4v) is 4.75. The number of ether oxygens (including phenoxy) is 2. The van der Waals surface area contributed by atoms with E-state index in [0.717, 1.165) is 36.5 Å². The third-order valence-corrected chi connectivity index (χ3v) is 6.39. The molecule has 1 aliphatic heterocycles. The average Bonchev–Trinajstić information content (AvgIpc) is 3.37. The molecule has 3 atom stereocenters. The molecule has 7 rings (SSSR count). The smallest absolute Gasteiger partial charge is 0.408 e. The number of carbonyl (C=O) groups excluding carboxylic acids is 1. The molecule has 1 amide bonds. The minimum absolute atomic E-state index is 0.00810. The lowest BCUT2D eigenvalue weighted by Crippen LogP contribution is -2.68. The van der Waals surface area contributed by atoms with Crippen molar-refractivity contribution in [2.24, 2.45) is 5.92 Å². The second-order valence-electron chi connectivity index (χ2n) is 8.74. The molecule has 11 heteroatoms. The molecule has 3 saturated carbocycles. The standard InChI is InChI=1S/C20H22FN7O3/c1-10-8-28-15(23-10)2-3-22-18(28)24-14-4-12(26-27-14)17-16(21)13(9-30-17)31-19(29)25-20-5-11(6-20)7-20/h2-4,8,11,13,16-17H,5-7,9H2,1H3,(H,25,29)(H2,22,24,26,27)/t11?,13-,16-,17-,20?/m1/s1. The molecule has 0 spiro atoms. The SMILES string of the molecule is Cc1cn2c(Nc3cc([C@H]4OC[C@@H](OC(=O)NC56CC(C5)C6)[C@H]4F)[nH]n3)nccc2n1. The predicted octanol–water partition coefficient (Wildman–Crippen LogP) is 2.56. The Hall–Kier alpha value is -3.21. The molecule has 3 aromatic heterocycles. The maximum absolute atomic E-state index is 15.0. The van der Waals surface area contributed by atoms with Gasteiger partial charge in [0.15, 0.2) is 18.1 Å². The summed E-state index contributed by atoms with van der Waals surface area (Å²) in [5, 5.41) is 13.0. The lowest BCUT2D eigenvalue weighted by Gasteiger charge is -2.61. The molecule has 1 saturated heterocycles. The van der Waals surface area contributed by atoms with Crippen LogP contribution in [0.25, 0.3) is 5.65 Å². The highest BCUT2D eigenvalue weighted by atomic mass is 19.1. The van der Waals surface area contributed by atoms with Crippen LogP contribution in [0.5, 0.6) is 0 Å². The number of halogens is 1. The second kappa shape index (κ2) is 6.64. The first-order valence-corrected chi connectivity index (χ1v) is 10.4.